The average molecular weight is 468 g/mol. The fourth-order valence-corrected chi connectivity index (χ4v) is 4.56. The van der Waals surface area contributed by atoms with Crippen molar-refractivity contribution in [3.05, 3.63) is 88.2 Å². The van der Waals surface area contributed by atoms with Crippen LogP contribution < -0.4 is 0 Å². The summed E-state index contributed by atoms with van der Waals surface area (Å²) >= 11 is 5.80. The number of carbonyl (C=O) groups is 1. The van der Waals surface area contributed by atoms with E-state index in [0.29, 0.717) is 10.6 Å². The molecule has 0 aliphatic carbocycles. The molecule has 0 bridgehead atoms. The molecule has 0 spiro atoms. The summed E-state index contributed by atoms with van der Waals surface area (Å²) in [6.07, 6.45) is 0.117. The Morgan fingerprint density at radius 1 is 1.06 bits per heavy atom. The Balaban J connectivity index is 2.08. The number of benzene rings is 2. The van der Waals surface area contributed by atoms with Gasteiger partial charge in [-0.3, -0.25) is 4.98 Å². The molecule has 2 aromatic carbocycles. The van der Waals surface area contributed by atoms with Gasteiger partial charge >= 0.3 is 6.16 Å². The van der Waals surface area contributed by atoms with E-state index in [-0.39, 0.29) is 23.6 Å². The standard InChI is InChI=1S/C21H16ClF2NO5S/c1-29-21(26)30-12-13-3-2-10-25-19(13)11-16-17(23)8-9-18(24)20(16)31(27,28)15-6-4-14(22)5-7-15/h2-10H,11-12H2,1H3. The van der Waals surface area contributed by atoms with Gasteiger partial charge in [0.05, 0.1) is 17.7 Å². The number of pyridine rings is 1. The van der Waals surface area contributed by atoms with Crippen LogP contribution in [0.1, 0.15) is 16.8 Å². The highest BCUT2D eigenvalue weighted by Crippen LogP contribution is 2.31. The molecule has 0 unspecified atom stereocenters. The molecule has 0 aliphatic rings. The fourth-order valence-electron chi connectivity index (χ4n) is 2.89. The number of halogens is 3. The van der Waals surface area contributed by atoms with Crippen molar-refractivity contribution in [1.29, 1.82) is 0 Å². The Morgan fingerprint density at radius 3 is 2.42 bits per heavy atom. The van der Waals surface area contributed by atoms with Crippen molar-refractivity contribution in [2.24, 2.45) is 0 Å². The topological polar surface area (TPSA) is 82.6 Å². The molecule has 0 radical (unpaired) electrons. The van der Waals surface area contributed by atoms with Gasteiger partial charge in [0.2, 0.25) is 9.84 Å². The molecule has 0 fully saturated rings. The first-order valence-electron chi connectivity index (χ1n) is 8.85. The Morgan fingerprint density at radius 2 is 1.74 bits per heavy atom. The summed E-state index contributed by atoms with van der Waals surface area (Å²) < 4.78 is 65.0. The second kappa shape index (κ2) is 9.40. The Bertz CT molecular complexity index is 1220. The lowest BCUT2D eigenvalue weighted by Crippen LogP contribution is -2.13. The zero-order valence-electron chi connectivity index (χ0n) is 16.1. The molecule has 0 atom stereocenters. The molecule has 0 saturated heterocycles. The minimum Gasteiger partial charge on any atom is -0.438 e. The predicted octanol–water partition coefficient (Wildman–Crippen LogP) is 4.72. The van der Waals surface area contributed by atoms with E-state index in [1.807, 2.05) is 0 Å². The predicted molar refractivity (Wildman–Crippen MR) is 107 cm³/mol. The lowest BCUT2D eigenvalue weighted by atomic mass is 10.0. The summed E-state index contributed by atoms with van der Waals surface area (Å²) in [5.41, 5.74) is 0.197. The van der Waals surface area contributed by atoms with Crippen molar-refractivity contribution in [2.75, 3.05) is 7.11 Å². The molecule has 31 heavy (non-hydrogen) atoms. The van der Waals surface area contributed by atoms with Crippen LogP contribution in [0.15, 0.2) is 64.5 Å². The van der Waals surface area contributed by atoms with Gasteiger partial charge in [-0.15, -0.1) is 0 Å². The van der Waals surface area contributed by atoms with Crippen LogP contribution in [0.5, 0.6) is 0 Å². The summed E-state index contributed by atoms with van der Waals surface area (Å²) in [5.74, 6) is -2.02. The number of carbonyl (C=O) groups excluding carboxylic acids is 1. The number of hydrogen-bond acceptors (Lipinski definition) is 6. The van der Waals surface area contributed by atoms with Crippen LogP contribution in [0.4, 0.5) is 13.6 Å². The highest BCUT2D eigenvalue weighted by Gasteiger charge is 2.28. The van der Waals surface area contributed by atoms with Gasteiger partial charge in [0, 0.05) is 28.8 Å². The second-order valence-electron chi connectivity index (χ2n) is 6.32. The van der Waals surface area contributed by atoms with Crippen molar-refractivity contribution in [3.8, 4) is 0 Å². The molecule has 1 aromatic heterocycles. The lowest BCUT2D eigenvalue weighted by molar-refractivity contribution is 0.0666. The third kappa shape index (κ3) is 5.00. The number of methoxy groups -OCH3 is 1. The van der Waals surface area contributed by atoms with E-state index in [4.69, 9.17) is 16.3 Å². The molecule has 3 rings (SSSR count). The smallest absolute Gasteiger partial charge is 0.438 e. The number of sulfone groups is 1. The van der Waals surface area contributed by atoms with Gasteiger partial charge in [-0.2, -0.15) is 0 Å². The van der Waals surface area contributed by atoms with Gasteiger partial charge in [-0.1, -0.05) is 17.7 Å². The number of ether oxygens (including phenoxy) is 2. The Kier molecular flexibility index (Phi) is 6.87. The van der Waals surface area contributed by atoms with E-state index in [2.05, 4.69) is 9.72 Å². The van der Waals surface area contributed by atoms with E-state index in [9.17, 15) is 22.0 Å². The zero-order chi connectivity index (χ0) is 22.6. The van der Waals surface area contributed by atoms with Gasteiger partial charge in [0.15, 0.2) is 0 Å². The van der Waals surface area contributed by atoms with Crippen LogP contribution in [0, 0.1) is 11.6 Å². The molecule has 0 amide bonds. The van der Waals surface area contributed by atoms with Crippen molar-refractivity contribution in [1.82, 2.24) is 4.98 Å². The van der Waals surface area contributed by atoms with Gasteiger partial charge in [-0.05, 0) is 42.5 Å². The lowest BCUT2D eigenvalue weighted by Gasteiger charge is -2.14. The SMILES string of the molecule is COC(=O)OCc1cccnc1Cc1c(F)ccc(F)c1S(=O)(=O)c1ccc(Cl)cc1. The second-order valence-corrected chi connectivity index (χ2v) is 8.65. The quantitative estimate of drug-likeness (QED) is 0.488. The highest BCUT2D eigenvalue weighted by molar-refractivity contribution is 7.91. The normalized spacial score (nSPS) is 11.2. The van der Waals surface area contributed by atoms with Crippen molar-refractivity contribution in [2.45, 2.75) is 22.8 Å². The average Bonchev–Trinajstić information content (AvgIpc) is 2.75. The van der Waals surface area contributed by atoms with Gasteiger partial charge in [-0.25, -0.2) is 22.0 Å². The molecule has 162 valence electrons. The summed E-state index contributed by atoms with van der Waals surface area (Å²) in [6, 6.07) is 9.83. The monoisotopic (exact) mass is 467 g/mol. The van der Waals surface area contributed by atoms with Gasteiger partial charge in [0.1, 0.15) is 23.1 Å². The highest BCUT2D eigenvalue weighted by atomic mass is 35.5. The van der Waals surface area contributed by atoms with Crippen LogP contribution in [-0.2, 0) is 32.3 Å². The first-order chi connectivity index (χ1) is 14.7. The van der Waals surface area contributed by atoms with Crippen LogP contribution >= 0.6 is 11.6 Å². The fraction of sp³-hybridized carbons (Fsp3) is 0.143. The molecule has 6 nitrogen and oxygen atoms in total. The maximum atomic E-state index is 14.7. The van der Waals surface area contributed by atoms with Crippen LogP contribution in [0.2, 0.25) is 5.02 Å². The van der Waals surface area contributed by atoms with E-state index in [0.717, 1.165) is 19.2 Å². The Hall–Kier alpha value is -3.04. The first-order valence-corrected chi connectivity index (χ1v) is 10.7. The van der Waals surface area contributed by atoms with Gasteiger partial charge in [0.25, 0.3) is 0 Å². The molecule has 0 saturated carbocycles. The minimum absolute atomic E-state index is 0.212. The molecule has 0 N–H and O–H groups in total. The molecule has 1 heterocycles. The third-order valence-electron chi connectivity index (χ3n) is 4.39. The molecular formula is C21H16ClF2NO5S. The van der Waals surface area contributed by atoms with E-state index >= 15 is 0 Å². The van der Waals surface area contributed by atoms with Crippen LogP contribution in [0.25, 0.3) is 0 Å². The maximum Gasteiger partial charge on any atom is 0.508 e. The van der Waals surface area contributed by atoms with E-state index in [1.54, 1.807) is 12.1 Å². The van der Waals surface area contributed by atoms with E-state index < -0.39 is 38.1 Å². The molecular weight excluding hydrogens is 452 g/mol. The Labute approximate surface area is 182 Å². The van der Waals surface area contributed by atoms with Crippen molar-refractivity contribution in [3.63, 3.8) is 0 Å². The van der Waals surface area contributed by atoms with Gasteiger partial charge < -0.3 is 9.47 Å². The number of nitrogens with zero attached hydrogens (tertiary/aromatic N) is 1. The largest absolute Gasteiger partial charge is 0.508 e. The zero-order valence-corrected chi connectivity index (χ0v) is 17.7. The molecule has 10 heteroatoms. The van der Waals surface area contributed by atoms with Crippen molar-refractivity contribution < 1.29 is 31.5 Å². The maximum absolute atomic E-state index is 14.7. The number of hydrogen-bond donors (Lipinski definition) is 0. The van der Waals surface area contributed by atoms with E-state index in [1.165, 1.54) is 30.5 Å². The molecule has 3 aromatic rings. The minimum atomic E-state index is -4.41. The van der Waals surface area contributed by atoms with Crippen LogP contribution in [-0.4, -0.2) is 26.7 Å². The summed E-state index contributed by atoms with van der Waals surface area (Å²) in [5, 5.41) is 0.294. The number of aromatic nitrogens is 1. The molecule has 0 aliphatic heterocycles. The van der Waals surface area contributed by atoms with Crippen LogP contribution in [0.3, 0.4) is 0 Å². The summed E-state index contributed by atoms with van der Waals surface area (Å²) in [7, 11) is -3.27. The number of rotatable bonds is 6. The van der Waals surface area contributed by atoms with Crippen molar-refractivity contribution >= 4 is 27.6 Å². The summed E-state index contributed by atoms with van der Waals surface area (Å²) in [6.45, 7) is -0.244. The first kappa shape index (κ1) is 22.6. The third-order valence-corrected chi connectivity index (χ3v) is 6.51. The summed E-state index contributed by atoms with van der Waals surface area (Å²) in [4.78, 5) is 14.3.